The van der Waals surface area contributed by atoms with Crippen LogP contribution in [-0.4, -0.2) is 23.8 Å². The Bertz CT molecular complexity index is 605. The molecule has 0 spiro atoms. The first kappa shape index (κ1) is 17.4. The molecule has 0 bridgehead atoms. The summed E-state index contributed by atoms with van der Waals surface area (Å²) in [6.45, 7) is 7.70. The van der Waals surface area contributed by atoms with Crippen LogP contribution in [0, 0.1) is 15.5 Å². The van der Waals surface area contributed by atoms with Crippen molar-refractivity contribution in [2.24, 2.45) is 10.5 Å². The molecule has 8 nitrogen and oxygen atoms in total. The van der Waals surface area contributed by atoms with Gasteiger partial charge in [-0.05, 0) is 13.0 Å². The lowest BCUT2D eigenvalue weighted by molar-refractivity contribution is -0.384. The maximum Gasteiger partial charge on any atom is 0.339 e. The van der Waals surface area contributed by atoms with Gasteiger partial charge in [-0.1, -0.05) is 20.8 Å². The monoisotopic (exact) mass is 308 g/mol. The van der Waals surface area contributed by atoms with Gasteiger partial charge in [-0.2, -0.15) is 5.10 Å². The Labute approximate surface area is 128 Å². The number of urea groups is 1. The van der Waals surface area contributed by atoms with E-state index in [2.05, 4.69) is 15.8 Å². The molecule has 0 atom stereocenters. The molecule has 0 saturated carbocycles. The van der Waals surface area contributed by atoms with Gasteiger partial charge in [-0.3, -0.25) is 10.1 Å². The Balaban J connectivity index is 2.88. The fraction of sp³-hybridized carbons (Fsp3) is 0.429. The molecule has 1 aromatic carbocycles. The number of ether oxygens (including phenoxy) is 1. The van der Waals surface area contributed by atoms with Gasteiger partial charge in [-0.15, -0.1) is 0 Å². The number of amides is 2. The maximum atomic E-state index is 11.8. The third-order valence-electron chi connectivity index (χ3n) is 3.05. The average Bonchev–Trinajstić information content (AvgIpc) is 2.43. The molecule has 0 fully saturated rings. The SMILES string of the molecule is COc1ccc([N+](=O)[O-])cc1NC(=O)N/N=C(\C)C(C)(C)C. The Morgan fingerprint density at radius 2 is 2.00 bits per heavy atom. The van der Waals surface area contributed by atoms with E-state index in [1.54, 1.807) is 6.92 Å². The molecule has 0 aliphatic heterocycles. The summed E-state index contributed by atoms with van der Waals surface area (Å²) < 4.78 is 5.06. The second kappa shape index (κ2) is 6.88. The molecule has 8 heteroatoms. The summed E-state index contributed by atoms with van der Waals surface area (Å²) in [5.74, 6) is 0.317. The van der Waals surface area contributed by atoms with E-state index in [1.165, 1.54) is 25.3 Å². The van der Waals surface area contributed by atoms with Gasteiger partial charge < -0.3 is 10.1 Å². The van der Waals surface area contributed by atoms with Crippen LogP contribution >= 0.6 is 0 Å². The Morgan fingerprint density at radius 3 is 2.50 bits per heavy atom. The molecule has 1 rings (SSSR count). The number of rotatable bonds is 4. The number of nitrogens with zero attached hydrogens (tertiary/aromatic N) is 2. The molecule has 0 aliphatic rings. The highest BCUT2D eigenvalue weighted by Gasteiger charge is 2.16. The van der Waals surface area contributed by atoms with Crippen molar-refractivity contribution >= 4 is 23.1 Å². The van der Waals surface area contributed by atoms with Crippen LogP contribution in [-0.2, 0) is 0 Å². The van der Waals surface area contributed by atoms with E-state index in [0.717, 1.165) is 5.71 Å². The van der Waals surface area contributed by atoms with E-state index < -0.39 is 11.0 Å². The second-order valence-electron chi connectivity index (χ2n) is 5.65. The minimum Gasteiger partial charge on any atom is -0.495 e. The van der Waals surface area contributed by atoms with Crippen LogP contribution in [0.3, 0.4) is 0 Å². The summed E-state index contributed by atoms with van der Waals surface area (Å²) >= 11 is 0. The molecule has 2 amide bonds. The number of carbonyl (C=O) groups is 1. The van der Waals surface area contributed by atoms with Gasteiger partial charge in [0.05, 0.1) is 17.7 Å². The number of hydrogen-bond acceptors (Lipinski definition) is 5. The summed E-state index contributed by atoms with van der Waals surface area (Å²) in [7, 11) is 1.41. The van der Waals surface area contributed by atoms with Crippen LogP contribution in [0.5, 0.6) is 5.75 Å². The number of non-ortho nitro benzene ring substituents is 1. The largest absolute Gasteiger partial charge is 0.495 e. The normalized spacial score (nSPS) is 11.8. The molecule has 1 aromatic rings. The number of nitrogens with one attached hydrogen (secondary N) is 2. The van der Waals surface area contributed by atoms with Crippen LogP contribution in [0.2, 0.25) is 0 Å². The topological polar surface area (TPSA) is 106 Å². The van der Waals surface area contributed by atoms with E-state index in [4.69, 9.17) is 4.74 Å². The lowest BCUT2D eigenvalue weighted by Crippen LogP contribution is -2.28. The van der Waals surface area contributed by atoms with Crippen LogP contribution < -0.4 is 15.5 Å². The number of nitro groups is 1. The van der Waals surface area contributed by atoms with Gasteiger partial charge in [-0.25, -0.2) is 10.2 Å². The smallest absolute Gasteiger partial charge is 0.339 e. The molecule has 0 saturated heterocycles. The molecule has 22 heavy (non-hydrogen) atoms. The highest BCUT2D eigenvalue weighted by atomic mass is 16.6. The highest BCUT2D eigenvalue weighted by molar-refractivity contribution is 5.93. The van der Waals surface area contributed by atoms with Gasteiger partial charge in [0.1, 0.15) is 5.75 Å². The lowest BCUT2D eigenvalue weighted by Gasteiger charge is -2.17. The van der Waals surface area contributed by atoms with Crippen molar-refractivity contribution in [3.05, 3.63) is 28.3 Å². The quantitative estimate of drug-likeness (QED) is 0.506. The van der Waals surface area contributed by atoms with Gasteiger partial charge in [0.15, 0.2) is 0 Å². The Morgan fingerprint density at radius 1 is 1.36 bits per heavy atom. The van der Waals surface area contributed by atoms with Crippen molar-refractivity contribution in [1.29, 1.82) is 0 Å². The summed E-state index contributed by atoms with van der Waals surface area (Å²) in [5, 5.41) is 17.2. The minimum atomic E-state index is -0.609. The number of methoxy groups -OCH3 is 1. The molecular formula is C14H20N4O4. The van der Waals surface area contributed by atoms with E-state index in [-0.39, 0.29) is 16.8 Å². The average molecular weight is 308 g/mol. The Kier molecular flexibility index (Phi) is 5.44. The molecular weight excluding hydrogens is 288 g/mol. The van der Waals surface area contributed by atoms with Gasteiger partial charge in [0.2, 0.25) is 0 Å². The van der Waals surface area contributed by atoms with Crippen molar-refractivity contribution in [2.45, 2.75) is 27.7 Å². The predicted molar refractivity (Wildman–Crippen MR) is 84.4 cm³/mol. The third kappa shape index (κ3) is 4.72. The number of benzene rings is 1. The summed E-state index contributed by atoms with van der Waals surface area (Å²) in [5.41, 5.74) is 2.97. The first-order chi connectivity index (χ1) is 10.1. The number of nitro benzene ring substituents is 1. The maximum absolute atomic E-state index is 11.8. The van der Waals surface area contributed by atoms with E-state index in [9.17, 15) is 14.9 Å². The lowest BCUT2D eigenvalue weighted by atomic mass is 9.91. The zero-order valence-electron chi connectivity index (χ0n) is 13.3. The number of hydrazone groups is 1. The number of anilines is 1. The van der Waals surface area contributed by atoms with Crippen LogP contribution in [0.4, 0.5) is 16.2 Å². The van der Waals surface area contributed by atoms with Crippen LogP contribution in [0.1, 0.15) is 27.7 Å². The highest BCUT2D eigenvalue weighted by Crippen LogP contribution is 2.28. The molecule has 2 N–H and O–H groups in total. The molecule has 0 aromatic heterocycles. The zero-order chi connectivity index (χ0) is 16.9. The van der Waals surface area contributed by atoms with Crippen molar-refractivity contribution in [2.75, 3.05) is 12.4 Å². The molecule has 0 aliphatic carbocycles. The fourth-order valence-electron chi connectivity index (χ4n) is 1.36. The molecule has 0 unspecified atom stereocenters. The van der Waals surface area contributed by atoms with E-state index >= 15 is 0 Å². The standard InChI is InChI=1S/C14H20N4O4/c1-9(14(2,3)4)16-17-13(19)15-11-8-10(18(20)21)6-7-12(11)22-5/h6-8H,1-5H3,(H2,15,17,19)/b16-9+. The van der Waals surface area contributed by atoms with Gasteiger partial charge in [0.25, 0.3) is 5.69 Å². The summed E-state index contributed by atoms with van der Waals surface area (Å²) in [6, 6.07) is 3.32. The fourth-order valence-corrected chi connectivity index (χ4v) is 1.36. The number of carbonyl (C=O) groups excluding carboxylic acids is 1. The molecule has 0 radical (unpaired) electrons. The molecule has 120 valence electrons. The van der Waals surface area contributed by atoms with Crippen molar-refractivity contribution in [1.82, 2.24) is 5.43 Å². The van der Waals surface area contributed by atoms with E-state index in [1.807, 2.05) is 20.8 Å². The Hall–Kier alpha value is -2.64. The van der Waals surface area contributed by atoms with Crippen molar-refractivity contribution in [3.63, 3.8) is 0 Å². The predicted octanol–water partition coefficient (Wildman–Crippen LogP) is 3.15. The van der Waals surface area contributed by atoms with Crippen LogP contribution in [0.25, 0.3) is 0 Å². The number of hydrogen-bond donors (Lipinski definition) is 2. The van der Waals surface area contributed by atoms with Crippen LogP contribution in [0.15, 0.2) is 23.3 Å². The zero-order valence-corrected chi connectivity index (χ0v) is 13.3. The van der Waals surface area contributed by atoms with Gasteiger partial charge >= 0.3 is 6.03 Å². The third-order valence-corrected chi connectivity index (χ3v) is 3.05. The minimum absolute atomic E-state index is 0.148. The second-order valence-corrected chi connectivity index (χ2v) is 5.65. The van der Waals surface area contributed by atoms with Crippen molar-refractivity contribution in [3.8, 4) is 5.75 Å². The molecule has 0 heterocycles. The first-order valence-corrected chi connectivity index (χ1v) is 6.59. The summed E-state index contributed by atoms with van der Waals surface area (Å²) in [6.07, 6.45) is 0. The van der Waals surface area contributed by atoms with E-state index in [0.29, 0.717) is 5.75 Å². The van der Waals surface area contributed by atoms with Gasteiger partial charge in [0, 0.05) is 23.3 Å². The first-order valence-electron chi connectivity index (χ1n) is 6.59. The summed E-state index contributed by atoms with van der Waals surface area (Å²) in [4.78, 5) is 22.1. The van der Waals surface area contributed by atoms with Crippen molar-refractivity contribution < 1.29 is 14.5 Å².